The molecule has 0 N–H and O–H groups in total. The Bertz CT molecular complexity index is 936. The van der Waals surface area contributed by atoms with Crippen LogP contribution in [-0.2, 0) is 12.7 Å². The van der Waals surface area contributed by atoms with Crippen LogP contribution in [0.15, 0.2) is 36.4 Å². The number of hydrogen-bond donors (Lipinski definition) is 0. The number of imidazole rings is 1. The first-order chi connectivity index (χ1) is 11.9. The topological polar surface area (TPSA) is 36.3 Å². The minimum absolute atomic E-state index is 0.0160. The molecule has 0 fully saturated rings. The molecule has 0 aliphatic carbocycles. The third kappa shape index (κ3) is 3.00. The van der Waals surface area contributed by atoms with Crippen molar-refractivity contribution < 1.29 is 22.6 Å². The fourth-order valence-electron chi connectivity index (χ4n) is 2.81. The fourth-order valence-corrected chi connectivity index (χ4v) is 2.94. The normalized spacial score (nSPS) is 14.1. The van der Waals surface area contributed by atoms with Crippen LogP contribution < -0.4 is 9.47 Å². The van der Waals surface area contributed by atoms with E-state index < -0.39 is 12.0 Å². The van der Waals surface area contributed by atoms with Crippen molar-refractivity contribution in [3.05, 3.63) is 52.8 Å². The van der Waals surface area contributed by atoms with E-state index in [1.807, 2.05) is 0 Å². The molecule has 1 aliphatic rings. The molecule has 4 rings (SSSR count). The number of hydrogen-bond acceptors (Lipinski definition) is 3. The molecule has 25 heavy (non-hydrogen) atoms. The average molecular weight is 369 g/mol. The van der Waals surface area contributed by atoms with Gasteiger partial charge < -0.3 is 14.0 Å². The first-order valence-electron chi connectivity index (χ1n) is 7.53. The van der Waals surface area contributed by atoms with E-state index in [1.54, 1.807) is 30.3 Å². The molecule has 1 aromatic heterocycles. The van der Waals surface area contributed by atoms with Crippen molar-refractivity contribution in [1.82, 2.24) is 9.55 Å². The van der Waals surface area contributed by atoms with Crippen LogP contribution in [0.1, 0.15) is 11.4 Å². The summed E-state index contributed by atoms with van der Waals surface area (Å²) in [5.74, 6) is -0.131. The lowest BCUT2D eigenvalue weighted by Gasteiger charge is -2.18. The van der Waals surface area contributed by atoms with Gasteiger partial charge in [-0.3, -0.25) is 0 Å². The monoisotopic (exact) mass is 368 g/mol. The third-order valence-corrected chi connectivity index (χ3v) is 4.17. The van der Waals surface area contributed by atoms with Crippen LogP contribution in [0.3, 0.4) is 0 Å². The molecule has 0 amide bonds. The Morgan fingerprint density at radius 3 is 2.32 bits per heavy atom. The van der Waals surface area contributed by atoms with E-state index in [4.69, 9.17) is 21.1 Å². The summed E-state index contributed by atoms with van der Waals surface area (Å²) in [4.78, 5) is 3.78. The lowest BCUT2D eigenvalue weighted by atomic mass is 10.2. The zero-order valence-electron chi connectivity index (χ0n) is 12.8. The van der Waals surface area contributed by atoms with Crippen LogP contribution in [0.4, 0.5) is 13.2 Å². The van der Waals surface area contributed by atoms with Crippen molar-refractivity contribution in [3.8, 4) is 11.5 Å². The maximum atomic E-state index is 13.5. The van der Waals surface area contributed by atoms with E-state index in [2.05, 4.69) is 4.98 Å². The van der Waals surface area contributed by atoms with Crippen molar-refractivity contribution in [2.75, 3.05) is 13.2 Å². The van der Waals surface area contributed by atoms with Gasteiger partial charge in [-0.1, -0.05) is 23.7 Å². The van der Waals surface area contributed by atoms with Crippen LogP contribution in [0.5, 0.6) is 11.5 Å². The van der Waals surface area contributed by atoms with Crippen LogP contribution in [-0.4, -0.2) is 22.8 Å². The van der Waals surface area contributed by atoms with Gasteiger partial charge in [0.2, 0.25) is 5.82 Å². The molecule has 0 bridgehead atoms. The molecule has 0 spiro atoms. The highest BCUT2D eigenvalue weighted by atomic mass is 35.5. The first kappa shape index (κ1) is 16.1. The molecule has 3 aromatic rings. The Labute approximate surface area is 145 Å². The lowest BCUT2D eigenvalue weighted by molar-refractivity contribution is -0.146. The van der Waals surface area contributed by atoms with Gasteiger partial charge >= 0.3 is 6.18 Å². The summed E-state index contributed by atoms with van der Waals surface area (Å²) in [7, 11) is 0. The number of ether oxygens (including phenoxy) is 2. The van der Waals surface area contributed by atoms with Gasteiger partial charge in [0.1, 0.15) is 13.2 Å². The Morgan fingerprint density at radius 1 is 1.04 bits per heavy atom. The molecule has 2 aromatic carbocycles. The highest BCUT2D eigenvalue weighted by Crippen LogP contribution is 2.38. The number of aromatic nitrogens is 2. The standard InChI is InChI=1S/C17H12ClF3N2O2/c18-11-3-1-10(2-4-11)9-23-13-8-15-14(24-5-6-25-15)7-12(13)22-16(23)17(19,20)21/h1-4,7-8H,5-6,9H2. The second kappa shape index (κ2) is 5.84. The molecule has 0 saturated carbocycles. The summed E-state index contributed by atoms with van der Waals surface area (Å²) in [6, 6.07) is 9.68. The van der Waals surface area contributed by atoms with Crippen molar-refractivity contribution >= 4 is 22.6 Å². The van der Waals surface area contributed by atoms with Crippen molar-refractivity contribution in [1.29, 1.82) is 0 Å². The van der Waals surface area contributed by atoms with Gasteiger partial charge in [-0.2, -0.15) is 13.2 Å². The number of nitrogens with zero attached hydrogens (tertiary/aromatic N) is 2. The van der Waals surface area contributed by atoms with Crippen LogP contribution in [0, 0.1) is 0 Å². The van der Waals surface area contributed by atoms with Crippen molar-refractivity contribution in [3.63, 3.8) is 0 Å². The SMILES string of the molecule is FC(F)(F)c1nc2cc3c(cc2n1Cc1ccc(Cl)cc1)OCCO3. The molecular weight excluding hydrogens is 357 g/mol. The predicted molar refractivity (Wildman–Crippen MR) is 86.3 cm³/mol. The predicted octanol–water partition coefficient (Wildman–Crippen LogP) is 4.53. The molecule has 0 atom stereocenters. The molecular formula is C17H12ClF3N2O2. The summed E-state index contributed by atoms with van der Waals surface area (Å²) < 4.78 is 52.4. The van der Waals surface area contributed by atoms with Crippen molar-refractivity contribution in [2.45, 2.75) is 12.7 Å². The van der Waals surface area contributed by atoms with Gasteiger partial charge in [0.25, 0.3) is 0 Å². The number of halogens is 4. The Hall–Kier alpha value is -2.41. The van der Waals surface area contributed by atoms with Crippen molar-refractivity contribution in [2.24, 2.45) is 0 Å². The largest absolute Gasteiger partial charge is 0.486 e. The summed E-state index contributed by atoms with van der Waals surface area (Å²) in [5.41, 5.74) is 1.24. The maximum absolute atomic E-state index is 13.5. The number of benzene rings is 2. The zero-order valence-corrected chi connectivity index (χ0v) is 13.6. The molecule has 2 heterocycles. The average Bonchev–Trinajstić information content (AvgIpc) is 2.93. The quantitative estimate of drug-likeness (QED) is 0.667. The zero-order chi connectivity index (χ0) is 17.6. The van der Waals surface area contributed by atoms with Gasteiger partial charge in [-0.15, -0.1) is 0 Å². The Kier molecular flexibility index (Phi) is 3.76. The number of fused-ring (bicyclic) bond motifs is 2. The van der Waals surface area contributed by atoms with E-state index in [1.165, 1.54) is 6.07 Å². The minimum atomic E-state index is -4.58. The highest BCUT2D eigenvalue weighted by Gasteiger charge is 2.38. The Balaban J connectivity index is 1.88. The molecule has 0 saturated heterocycles. The molecule has 4 nitrogen and oxygen atoms in total. The van der Waals surface area contributed by atoms with Gasteiger partial charge in [-0.05, 0) is 17.7 Å². The van der Waals surface area contributed by atoms with E-state index in [9.17, 15) is 13.2 Å². The molecule has 8 heteroatoms. The summed E-state index contributed by atoms with van der Waals surface area (Å²) in [5, 5.41) is 0.523. The van der Waals surface area contributed by atoms with Gasteiger partial charge in [-0.25, -0.2) is 4.98 Å². The van der Waals surface area contributed by atoms with Gasteiger partial charge in [0.15, 0.2) is 11.5 Å². The van der Waals surface area contributed by atoms with E-state index in [0.717, 1.165) is 4.57 Å². The summed E-state index contributed by atoms with van der Waals surface area (Å²) >= 11 is 5.84. The lowest BCUT2D eigenvalue weighted by Crippen LogP contribution is -2.16. The number of alkyl halides is 3. The third-order valence-electron chi connectivity index (χ3n) is 3.92. The van der Waals surface area contributed by atoms with Crippen LogP contribution >= 0.6 is 11.6 Å². The molecule has 0 radical (unpaired) electrons. The second-order valence-electron chi connectivity index (χ2n) is 5.63. The van der Waals surface area contributed by atoms with Gasteiger partial charge in [0, 0.05) is 23.7 Å². The fraction of sp³-hybridized carbons (Fsp3) is 0.235. The highest BCUT2D eigenvalue weighted by molar-refractivity contribution is 6.30. The van der Waals surface area contributed by atoms with E-state index >= 15 is 0 Å². The summed E-state index contributed by atoms with van der Waals surface area (Å²) in [6.07, 6.45) is -4.58. The second-order valence-corrected chi connectivity index (χ2v) is 6.07. The molecule has 0 unspecified atom stereocenters. The smallest absolute Gasteiger partial charge is 0.449 e. The molecule has 130 valence electrons. The number of rotatable bonds is 2. The maximum Gasteiger partial charge on any atom is 0.449 e. The molecule has 1 aliphatic heterocycles. The Morgan fingerprint density at radius 2 is 1.68 bits per heavy atom. The van der Waals surface area contributed by atoms with E-state index in [-0.39, 0.29) is 12.1 Å². The van der Waals surface area contributed by atoms with Gasteiger partial charge in [0.05, 0.1) is 11.0 Å². The minimum Gasteiger partial charge on any atom is -0.486 e. The van der Waals surface area contributed by atoms with Crippen LogP contribution in [0.25, 0.3) is 11.0 Å². The van der Waals surface area contributed by atoms with Crippen LogP contribution in [0.2, 0.25) is 5.02 Å². The summed E-state index contributed by atoms with van der Waals surface area (Å²) in [6.45, 7) is 0.730. The first-order valence-corrected chi connectivity index (χ1v) is 7.91. The van der Waals surface area contributed by atoms with E-state index in [0.29, 0.717) is 40.8 Å².